The van der Waals surface area contributed by atoms with Gasteiger partial charge in [-0.15, -0.1) is 0 Å². The summed E-state index contributed by atoms with van der Waals surface area (Å²) in [4.78, 5) is 2.30. The van der Waals surface area contributed by atoms with Gasteiger partial charge in [0.1, 0.15) is 0 Å². The van der Waals surface area contributed by atoms with Crippen LogP contribution in [-0.4, -0.2) is 6.54 Å². The van der Waals surface area contributed by atoms with E-state index >= 15 is 0 Å². The monoisotopic (exact) mass is 333 g/mol. The van der Waals surface area contributed by atoms with Crippen molar-refractivity contribution in [1.82, 2.24) is 0 Å². The SMILES string of the molecule is C=C(CN(C(=C)c1ccccc1C)c1cccc(C)c1)CC(C)(C)C. The van der Waals surface area contributed by atoms with Crippen LogP contribution < -0.4 is 4.90 Å². The predicted molar refractivity (Wildman–Crippen MR) is 112 cm³/mol. The molecule has 25 heavy (non-hydrogen) atoms. The highest BCUT2D eigenvalue weighted by molar-refractivity contribution is 5.80. The Morgan fingerprint density at radius 3 is 2.24 bits per heavy atom. The van der Waals surface area contributed by atoms with Crippen LogP contribution in [-0.2, 0) is 0 Å². The van der Waals surface area contributed by atoms with Gasteiger partial charge in [0.2, 0.25) is 0 Å². The lowest BCUT2D eigenvalue weighted by atomic mass is 9.88. The zero-order valence-corrected chi connectivity index (χ0v) is 16.4. The number of rotatable bonds is 6. The number of hydrogen-bond donors (Lipinski definition) is 0. The lowest BCUT2D eigenvalue weighted by molar-refractivity contribution is 0.408. The molecule has 2 rings (SSSR count). The first kappa shape index (κ1) is 19.1. The van der Waals surface area contributed by atoms with Gasteiger partial charge in [-0.3, -0.25) is 0 Å². The fourth-order valence-electron chi connectivity index (χ4n) is 3.21. The van der Waals surface area contributed by atoms with Crippen LogP contribution in [0.2, 0.25) is 0 Å². The summed E-state index contributed by atoms with van der Waals surface area (Å²) in [5, 5.41) is 0. The van der Waals surface area contributed by atoms with Crippen molar-refractivity contribution in [3.63, 3.8) is 0 Å². The number of aryl methyl sites for hydroxylation is 2. The molecule has 0 spiro atoms. The lowest BCUT2D eigenvalue weighted by Crippen LogP contribution is -2.25. The highest BCUT2D eigenvalue weighted by Gasteiger charge is 2.18. The standard InChI is InChI=1S/C24H31N/c1-18-11-10-13-22(15-18)25(17-19(2)16-24(5,6)7)21(4)23-14-9-8-12-20(23)3/h8-15H,2,4,16-17H2,1,3,5-7H3. The molecule has 0 aliphatic carbocycles. The molecule has 0 heterocycles. The van der Waals surface area contributed by atoms with Crippen LogP contribution in [0.25, 0.3) is 5.70 Å². The summed E-state index contributed by atoms with van der Waals surface area (Å²) >= 11 is 0. The fraction of sp³-hybridized carbons (Fsp3) is 0.333. The van der Waals surface area contributed by atoms with Crippen LogP contribution in [0.4, 0.5) is 5.69 Å². The quantitative estimate of drug-likeness (QED) is 0.527. The first-order valence-corrected chi connectivity index (χ1v) is 8.93. The molecule has 1 nitrogen and oxygen atoms in total. The molecule has 0 fully saturated rings. The second kappa shape index (κ2) is 7.74. The van der Waals surface area contributed by atoms with Crippen molar-refractivity contribution < 1.29 is 0 Å². The van der Waals surface area contributed by atoms with Gasteiger partial charge >= 0.3 is 0 Å². The molecule has 0 aliphatic rings. The first-order valence-electron chi connectivity index (χ1n) is 8.93. The molecule has 0 radical (unpaired) electrons. The summed E-state index contributed by atoms with van der Waals surface area (Å²) in [6, 6.07) is 17.0. The zero-order chi connectivity index (χ0) is 18.6. The molecule has 0 aliphatic heterocycles. The van der Waals surface area contributed by atoms with E-state index in [0.29, 0.717) is 0 Å². The minimum atomic E-state index is 0.235. The average Bonchev–Trinajstić information content (AvgIpc) is 2.51. The number of anilines is 1. The minimum Gasteiger partial charge on any atom is -0.337 e. The summed E-state index contributed by atoms with van der Waals surface area (Å²) in [5.74, 6) is 0. The van der Waals surface area contributed by atoms with E-state index < -0.39 is 0 Å². The molecule has 2 aromatic carbocycles. The van der Waals surface area contributed by atoms with E-state index in [0.717, 1.165) is 18.7 Å². The fourth-order valence-corrected chi connectivity index (χ4v) is 3.21. The maximum absolute atomic E-state index is 4.43. The van der Waals surface area contributed by atoms with Gasteiger partial charge in [-0.2, -0.15) is 0 Å². The predicted octanol–water partition coefficient (Wildman–Crippen LogP) is 6.77. The Bertz CT molecular complexity index is 762. The van der Waals surface area contributed by atoms with E-state index in [2.05, 4.69) is 101 Å². The molecule has 0 unspecified atom stereocenters. The van der Waals surface area contributed by atoms with E-state index in [-0.39, 0.29) is 5.41 Å². The second-order valence-electron chi connectivity index (χ2n) is 8.17. The Morgan fingerprint density at radius 2 is 1.64 bits per heavy atom. The van der Waals surface area contributed by atoms with Crippen molar-refractivity contribution >= 4 is 11.4 Å². The molecule has 0 saturated heterocycles. The lowest BCUT2D eigenvalue weighted by Gasteiger charge is -2.31. The Hall–Kier alpha value is -2.28. The molecule has 0 saturated carbocycles. The van der Waals surface area contributed by atoms with Gasteiger partial charge < -0.3 is 4.90 Å². The topological polar surface area (TPSA) is 3.24 Å². The van der Waals surface area contributed by atoms with Gasteiger partial charge in [0.05, 0.1) is 0 Å². The molecule has 132 valence electrons. The van der Waals surface area contributed by atoms with Crippen molar-refractivity contribution in [2.45, 2.75) is 41.0 Å². The van der Waals surface area contributed by atoms with Crippen LogP contribution in [0, 0.1) is 19.3 Å². The zero-order valence-electron chi connectivity index (χ0n) is 16.4. The van der Waals surface area contributed by atoms with Gasteiger partial charge in [0.25, 0.3) is 0 Å². The Balaban J connectivity index is 2.37. The second-order valence-corrected chi connectivity index (χ2v) is 8.17. The maximum atomic E-state index is 4.43. The Kier molecular flexibility index (Phi) is 5.89. The summed E-state index contributed by atoms with van der Waals surface area (Å²) < 4.78 is 0. The summed E-state index contributed by atoms with van der Waals surface area (Å²) in [5.41, 5.74) is 7.34. The first-order chi connectivity index (χ1) is 11.7. The minimum absolute atomic E-state index is 0.235. The molecular weight excluding hydrogens is 302 g/mol. The summed E-state index contributed by atoms with van der Waals surface area (Å²) in [6.45, 7) is 20.6. The normalized spacial score (nSPS) is 11.2. The molecule has 2 aromatic rings. The van der Waals surface area contributed by atoms with E-state index in [9.17, 15) is 0 Å². The molecule has 0 N–H and O–H groups in total. The van der Waals surface area contributed by atoms with Crippen molar-refractivity contribution in [2.75, 3.05) is 11.4 Å². The highest BCUT2D eigenvalue weighted by Crippen LogP contribution is 2.31. The molecule has 1 heteroatoms. The molecule has 0 aromatic heterocycles. The van der Waals surface area contributed by atoms with E-state index in [4.69, 9.17) is 0 Å². The van der Waals surface area contributed by atoms with Gasteiger partial charge in [0.15, 0.2) is 0 Å². The van der Waals surface area contributed by atoms with E-state index in [1.807, 2.05) is 0 Å². The van der Waals surface area contributed by atoms with Gasteiger partial charge in [-0.25, -0.2) is 0 Å². The average molecular weight is 334 g/mol. The Morgan fingerprint density at radius 1 is 0.960 bits per heavy atom. The van der Waals surface area contributed by atoms with Gasteiger partial charge in [0, 0.05) is 23.5 Å². The van der Waals surface area contributed by atoms with Crippen LogP contribution in [0.3, 0.4) is 0 Å². The largest absolute Gasteiger partial charge is 0.337 e. The number of benzene rings is 2. The maximum Gasteiger partial charge on any atom is 0.0438 e. The smallest absolute Gasteiger partial charge is 0.0438 e. The third-order valence-electron chi connectivity index (χ3n) is 4.26. The van der Waals surface area contributed by atoms with Crippen LogP contribution in [0.5, 0.6) is 0 Å². The number of nitrogens with zero attached hydrogens (tertiary/aromatic N) is 1. The third-order valence-corrected chi connectivity index (χ3v) is 4.26. The van der Waals surface area contributed by atoms with E-state index in [1.54, 1.807) is 0 Å². The van der Waals surface area contributed by atoms with Crippen molar-refractivity contribution in [3.8, 4) is 0 Å². The summed E-state index contributed by atoms with van der Waals surface area (Å²) in [7, 11) is 0. The van der Waals surface area contributed by atoms with E-state index in [1.165, 1.54) is 28.0 Å². The molecular formula is C24H31N. The van der Waals surface area contributed by atoms with Crippen LogP contribution in [0.1, 0.15) is 43.9 Å². The highest BCUT2D eigenvalue weighted by atomic mass is 15.1. The van der Waals surface area contributed by atoms with Crippen LogP contribution >= 0.6 is 0 Å². The van der Waals surface area contributed by atoms with Crippen molar-refractivity contribution in [3.05, 3.63) is 84.0 Å². The van der Waals surface area contributed by atoms with Crippen molar-refractivity contribution in [1.29, 1.82) is 0 Å². The summed E-state index contributed by atoms with van der Waals surface area (Å²) in [6.07, 6.45) is 0.996. The number of hydrogen-bond acceptors (Lipinski definition) is 1. The van der Waals surface area contributed by atoms with Gasteiger partial charge in [-0.1, -0.05) is 75.9 Å². The van der Waals surface area contributed by atoms with Gasteiger partial charge in [-0.05, 0) is 48.9 Å². The molecule has 0 amide bonds. The Labute approximate surface area is 153 Å². The van der Waals surface area contributed by atoms with Crippen molar-refractivity contribution in [2.24, 2.45) is 5.41 Å². The third kappa shape index (κ3) is 5.35. The molecule has 0 bridgehead atoms. The van der Waals surface area contributed by atoms with Crippen LogP contribution in [0.15, 0.2) is 67.3 Å². The molecule has 0 atom stereocenters.